The fourth-order valence-corrected chi connectivity index (χ4v) is 4.48. The first kappa shape index (κ1) is 22.7. The first-order chi connectivity index (χ1) is 15.9. The van der Waals surface area contributed by atoms with Crippen LogP contribution in [-0.2, 0) is 0 Å². The lowest BCUT2D eigenvalue weighted by Crippen LogP contribution is -2.47. The molecule has 1 atom stereocenters. The lowest BCUT2D eigenvalue weighted by atomic mass is 9.89. The average Bonchev–Trinajstić information content (AvgIpc) is 2.82. The van der Waals surface area contributed by atoms with Gasteiger partial charge in [0.1, 0.15) is 11.5 Å². The zero-order chi connectivity index (χ0) is 23.5. The van der Waals surface area contributed by atoms with Gasteiger partial charge < -0.3 is 15.0 Å². The highest BCUT2D eigenvalue weighted by atomic mass is 32.1. The number of allylic oxidation sites excluding steroid dienone is 1. The van der Waals surface area contributed by atoms with Gasteiger partial charge in [-0.15, -0.1) is 0 Å². The van der Waals surface area contributed by atoms with Crippen molar-refractivity contribution in [3.05, 3.63) is 106 Å². The summed E-state index contributed by atoms with van der Waals surface area (Å²) in [6, 6.07) is 23.0. The largest absolute Gasteiger partial charge is 0.457 e. The summed E-state index contributed by atoms with van der Waals surface area (Å²) in [6.07, 6.45) is 0. The van der Waals surface area contributed by atoms with Gasteiger partial charge in [-0.25, -0.2) is 0 Å². The van der Waals surface area contributed by atoms with Gasteiger partial charge in [-0.1, -0.05) is 48.5 Å². The Kier molecular flexibility index (Phi) is 6.61. The maximum atomic E-state index is 13.5. The van der Waals surface area contributed by atoms with Crippen LogP contribution in [0.25, 0.3) is 0 Å². The van der Waals surface area contributed by atoms with E-state index in [2.05, 4.69) is 25.2 Å². The Bertz CT molecular complexity index is 1220. The number of nitrogens with zero attached hydrogens (tertiary/aromatic N) is 1. The van der Waals surface area contributed by atoms with Crippen molar-refractivity contribution < 1.29 is 9.53 Å². The molecule has 4 nitrogen and oxygen atoms in total. The second kappa shape index (κ2) is 9.59. The monoisotopic (exact) mass is 456 g/mol. The van der Waals surface area contributed by atoms with E-state index in [-0.39, 0.29) is 11.8 Å². The van der Waals surface area contributed by atoms with Crippen molar-refractivity contribution in [1.82, 2.24) is 10.2 Å². The van der Waals surface area contributed by atoms with Crippen LogP contribution in [0.1, 0.15) is 46.9 Å². The van der Waals surface area contributed by atoms with Gasteiger partial charge in [-0.05, 0) is 80.9 Å². The maximum Gasteiger partial charge on any atom is 0.193 e. The summed E-state index contributed by atoms with van der Waals surface area (Å²) in [5, 5.41) is 4.01. The molecule has 3 aromatic carbocycles. The van der Waals surface area contributed by atoms with Gasteiger partial charge in [0, 0.05) is 23.4 Å². The number of ether oxygens (including phenoxy) is 1. The molecule has 0 fully saturated rings. The molecule has 33 heavy (non-hydrogen) atoms. The van der Waals surface area contributed by atoms with Crippen LogP contribution in [-0.4, -0.2) is 22.3 Å². The predicted octanol–water partition coefficient (Wildman–Crippen LogP) is 6.50. The van der Waals surface area contributed by atoms with Crippen LogP contribution in [0.4, 0.5) is 0 Å². The van der Waals surface area contributed by atoms with Gasteiger partial charge in [-0.2, -0.15) is 0 Å². The summed E-state index contributed by atoms with van der Waals surface area (Å²) in [6.45, 7) is 8.85. The minimum absolute atomic E-state index is 0.00186. The lowest BCUT2D eigenvalue weighted by molar-refractivity contribution is 0.102. The van der Waals surface area contributed by atoms with Crippen LogP contribution < -0.4 is 10.1 Å². The zero-order valence-electron chi connectivity index (χ0n) is 19.4. The van der Waals surface area contributed by atoms with Crippen molar-refractivity contribution >= 4 is 23.1 Å². The molecule has 1 N–H and O–H groups in total. The van der Waals surface area contributed by atoms with E-state index in [1.54, 1.807) is 0 Å². The molecule has 0 spiro atoms. The lowest BCUT2D eigenvalue weighted by Gasteiger charge is -2.37. The van der Waals surface area contributed by atoms with Crippen LogP contribution in [0.5, 0.6) is 11.5 Å². The molecule has 0 aromatic heterocycles. The summed E-state index contributed by atoms with van der Waals surface area (Å²) in [5.74, 6) is 1.55. The van der Waals surface area contributed by atoms with Gasteiger partial charge in [0.2, 0.25) is 0 Å². The van der Waals surface area contributed by atoms with Crippen LogP contribution in [0, 0.1) is 13.8 Å². The number of nitrogens with one attached hydrogen (secondary N) is 1. The first-order valence-electron chi connectivity index (χ1n) is 11.1. The molecule has 168 valence electrons. The second-order valence-electron chi connectivity index (χ2n) is 8.24. The summed E-state index contributed by atoms with van der Waals surface area (Å²) in [7, 11) is 0. The Balaban J connectivity index is 1.66. The molecule has 0 bridgehead atoms. The molecule has 1 heterocycles. The normalized spacial score (nSPS) is 15.9. The number of Topliss-reactive ketones (excluding diaryl/α,β-unsaturated/α-hetero) is 1. The smallest absolute Gasteiger partial charge is 0.193 e. The van der Waals surface area contributed by atoms with Crippen LogP contribution >= 0.6 is 12.2 Å². The van der Waals surface area contributed by atoms with E-state index in [9.17, 15) is 4.79 Å². The SMILES string of the molecule is CCN1C(=S)NC(c2ccc(Oc3ccc(C)c(C)c3)cc2)C(C(=O)c2ccccc2)=C1C. The molecule has 3 aromatic rings. The minimum atomic E-state index is -0.330. The molecule has 1 aliphatic heterocycles. The Labute approximate surface area is 200 Å². The Morgan fingerprint density at radius 3 is 2.24 bits per heavy atom. The van der Waals surface area contributed by atoms with Crippen LogP contribution in [0.2, 0.25) is 0 Å². The van der Waals surface area contributed by atoms with E-state index >= 15 is 0 Å². The van der Waals surface area contributed by atoms with Crippen molar-refractivity contribution in [1.29, 1.82) is 0 Å². The van der Waals surface area contributed by atoms with E-state index < -0.39 is 0 Å². The van der Waals surface area contributed by atoms with Gasteiger partial charge in [0.05, 0.1) is 6.04 Å². The number of aryl methyl sites for hydroxylation is 2. The number of benzene rings is 3. The highest BCUT2D eigenvalue weighted by molar-refractivity contribution is 7.80. The number of carbonyl (C=O) groups is 1. The predicted molar refractivity (Wildman–Crippen MR) is 137 cm³/mol. The molecule has 5 heteroatoms. The van der Waals surface area contributed by atoms with E-state index in [0.717, 1.165) is 22.8 Å². The molecular formula is C28H28N2O2S. The summed E-state index contributed by atoms with van der Waals surface area (Å²) in [4.78, 5) is 15.5. The number of hydrogen-bond donors (Lipinski definition) is 1. The Hall–Kier alpha value is -3.44. The molecule has 0 amide bonds. The van der Waals surface area contributed by atoms with E-state index in [1.165, 1.54) is 11.1 Å². The average molecular weight is 457 g/mol. The zero-order valence-corrected chi connectivity index (χ0v) is 20.2. The number of hydrogen-bond acceptors (Lipinski definition) is 3. The summed E-state index contributed by atoms with van der Waals surface area (Å²) >= 11 is 5.62. The van der Waals surface area contributed by atoms with E-state index in [1.807, 2.05) is 85.5 Å². The highest BCUT2D eigenvalue weighted by Crippen LogP contribution is 2.34. The van der Waals surface area contributed by atoms with Crippen LogP contribution in [0.3, 0.4) is 0 Å². The third kappa shape index (κ3) is 4.69. The summed E-state index contributed by atoms with van der Waals surface area (Å²) in [5.41, 5.74) is 5.64. The maximum absolute atomic E-state index is 13.5. The number of ketones is 1. The standard InChI is InChI=1S/C28H28N2O2S/c1-5-30-20(4)25(27(31)22-9-7-6-8-10-22)26(29-28(30)33)21-12-15-23(16-13-21)32-24-14-11-18(2)19(3)17-24/h6-17,26H,5H2,1-4H3,(H,29,33). The fourth-order valence-electron chi connectivity index (χ4n) is 4.09. The molecule has 1 unspecified atom stereocenters. The molecule has 0 saturated carbocycles. The molecular weight excluding hydrogens is 428 g/mol. The van der Waals surface area contributed by atoms with Crippen molar-refractivity contribution in [3.8, 4) is 11.5 Å². The number of thiocarbonyl (C=S) groups is 1. The van der Waals surface area contributed by atoms with Gasteiger partial charge in [0.15, 0.2) is 10.9 Å². The quantitative estimate of drug-likeness (QED) is 0.339. The molecule has 0 saturated heterocycles. The molecule has 4 rings (SSSR count). The Morgan fingerprint density at radius 2 is 1.61 bits per heavy atom. The minimum Gasteiger partial charge on any atom is -0.457 e. The third-order valence-electron chi connectivity index (χ3n) is 6.12. The highest BCUT2D eigenvalue weighted by Gasteiger charge is 2.33. The van der Waals surface area contributed by atoms with Crippen molar-refractivity contribution in [2.75, 3.05) is 6.54 Å². The number of carbonyl (C=O) groups excluding carboxylic acids is 1. The third-order valence-corrected chi connectivity index (χ3v) is 6.46. The first-order valence-corrected chi connectivity index (χ1v) is 11.5. The van der Waals surface area contributed by atoms with Crippen molar-refractivity contribution in [3.63, 3.8) is 0 Å². The topological polar surface area (TPSA) is 41.6 Å². The van der Waals surface area contributed by atoms with Crippen LogP contribution in [0.15, 0.2) is 84.1 Å². The number of rotatable bonds is 6. The second-order valence-corrected chi connectivity index (χ2v) is 8.62. The van der Waals surface area contributed by atoms with Gasteiger partial charge in [-0.3, -0.25) is 4.79 Å². The van der Waals surface area contributed by atoms with E-state index in [0.29, 0.717) is 22.8 Å². The van der Waals surface area contributed by atoms with Gasteiger partial charge >= 0.3 is 0 Å². The molecule has 0 aliphatic carbocycles. The Morgan fingerprint density at radius 1 is 0.939 bits per heavy atom. The van der Waals surface area contributed by atoms with Gasteiger partial charge in [0.25, 0.3) is 0 Å². The van der Waals surface area contributed by atoms with Crippen molar-refractivity contribution in [2.45, 2.75) is 33.7 Å². The fraction of sp³-hybridized carbons (Fsp3) is 0.214. The van der Waals surface area contributed by atoms with E-state index in [4.69, 9.17) is 17.0 Å². The summed E-state index contributed by atoms with van der Waals surface area (Å²) < 4.78 is 6.04. The molecule has 0 radical (unpaired) electrons. The van der Waals surface area contributed by atoms with Crippen molar-refractivity contribution in [2.24, 2.45) is 0 Å². The molecule has 1 aliphatic rings.